The Bertz CT molecular complexity index is 1250. The maximum Gasteiger partial charge on any atom is 0.251 e. The number of thiazole rings is 1. The molecule has 1 aromatic carbocycles. The van der Waals surface area contributed by atoms with E-state index in [9.17, 15) is 4.79 Å². The lowest BCUT2D eigenvalue weighted by atomic mass is 9.94. The second-order valence-electron chi connectivity index (χ2n) is 7.76. The van der Waals surface area contributed by atoms with Crippen LogP contribution in [-0.2, 0) is 0 Å². The highest BCUT2D eigenvalue weighted by Gasteiger charge is 2.21. The molecule has 1 aliphatic rings. The molecule has 2 N–H and O–H groups in total. The minimum atomic E-state index is -0.0843. The van der Waals surface area contributed by atoms with Crippen molar-refractivity contribution in [3.8, 4) is 21.8 Å². The van der Waals surface area contributed by atoms with Crippen LogP contribution in [0.3, 0.4) is 0 Å². The van der Waals surface area contributed by atoms with Crippen molar-refractivity contribution in [2.45, 2.75) is 32.6 Å². The summed E-state index contributed by atoms with van der Waals surface area (Å²) in [5.74, 6) is 0.343. The smallest absolute Gasteiger partial charge is 0.251 e. The lowest BCUT2D eigenvalue weighted by Crippen LogP contribution is -2.28. The summed E-state index contributed by atoms with van der Waals surface area (Å²) in [5.41, 5.74) is 7.06. The molecule has 0 unspecified atom stereocenters. The largest absolute Gasteiger partial charge is 0.317 e. The fraction of sp³-hybridized carbons (Fsp3) is 0.318. The van der Waals surface area contributed by atoms with Crippen molar-refractivity contribution in [3.05, 3.63) is 63.0 Å². The molecule has 4 aromatic rings. The number of nitrogens with zero attached hydrogens (tertiary/aromatic N) is 3. The second-order valence-corrected chi connectivity index (χ2v) is 8.62. The summed E-state index contributed by atoms with van der Waals surface area (Å²) < 4.78 is 1.89. The Morgan fingerprint density at radius 3 is 2.70 bits per heavy atom. The summed E-state index contributed by atoms with van der Waals surface area (Å²) in [6.45, 7) is 6.15. The topological polar surface area (TPSA) is 75.1 Å². The quantitative estimate of drug-likeness (QED) is 0.496. The fourth-order valence-electron chi connectivity index (χ4n) is 4.20. The van der Waals surface area contributed by atoms with Gasteiger partial charge in [-0.15, -0.1) is 23.7 Å². The van der Waals surface area contributed by atoms with Gasteiger partial charge < -0.3 is 10.3 Å². The predicted octanol–water partition coefficient (Wildman–Crippen LogP) is 4.32. The summed E-state index contributed by atoms with van der Waals surface area (Å²) in [6, 6.07) is 8.10. The van der Waals surface area contributed by atoms with E-state index >= 15 is 0 Å². The van der Waals surface area contributed by atoms with Gasteiger partial charge in [-0.1, -0.05) is 23.8 Å². The van der Waals surface area contributed by atoms with E-state index in [1.807, 2.05) is 10.7 Å². The minimum Gasteiger partial charge on any atom is -0.317 e. The van der Waals surface area contributed by atoms with Crippen LogP contribution in [0.25, 0.3) is 27.5 Å². The van der Waals surface area contributed by atoms with Crippen LogP contribution in [0.1, 0.15) is 35.6 Å². The van der Waals surface area contributed by atoms with Crippen molar-refractivity contribution in [1.29, 1.82) is 0 Å². The number of benzene rings is 1. The Kier molecular flexibility index (Phi) is 5.77. The second kappa shape index (κ2) is 8.34. The number of aromatic amines is 1. The minimum absolute atomic E-state index is 0. The van der Waals surface area contributed by atoms with Crippen molar-refractivity contribution in [2.24, 2.45) is 0 Å². The van der Waals surface area contributed by atoms with E-state index in [4.69, 9.17) is 4.98 Å². The van der Waals surface area contributed by atoms with Crippen LogP contribution in [0.2, 0.25) is 0 Å². The maximum absolute atomic E-state index is 12.4. The van der Waals surface area contributed by atoms with Gasteiger partial charge in [0.25, 0.3) is 5.56 Å². The third-order valence-corrected chi connectivity index (χ3v) is 6.56. The molecule has 30 heavy (non-hydrogen) atoms. The molecule has 1 aliphatic heterocycles. The monoisotopic (exact) mass is 441 g/mol. The van der Waals surface area contributed by atoms with E-state index in [-0.39, 0.29) is 18.0 Å². The fourth-order valence-corrected chi connectivity index (χ4v) is 5.03. The number of piperidine rings is 1. The third kappa shape index (κ3) is 3.69. The molecule has 5 rings (SSSR count). The van der Waals surface area contributed by atoms with Gasteiger partial charge in [-0.2, -0.15) is 5.10 Å². The number of halogens is 1. The molecule has 6 nitrogen and oxygen atoms in total. The van der Waals surface area contributed by atoms with Crippen molar-refractivity contribution in [1.82, 2.24) is 24.9 Å². The summed E-state index contributed by atoms with van der Waals surface area (Å²) in [4.78, 5) is 20.3. The molecule has 0 saturated carbocycles. The number of aromatic nitrogens is 4. The van der Waals surface area contributed by atoms with Crippen LogP contribution in [0, 0.1) is 13.8 Å². The van der Waals surface area contributed by atoms with Gasteiger partial charge in [0.2, 0.25) is 0 Å². The SMILES string of the molecule is Cc1ccc(-c2csc(-c3cnn4c(C5CCNCC5)cc(=O)[nH]c34)n2)c(C)c1.Cl. The Morgan fingerprint density at radius 1 is 1.13 bits per heavy atom. The van der Waals surface area contributed by atoms with E-state index in [1.54, 1.807) is 17.4 Å². The molecule has 3 aromatic heterocycles. The highest BCUT2D eigenvalue weighted by atomic mass is 35.5. The normalized spacial score (nSPS) is 14.7. The Labute approximate surface area is 184 Å². The number of fused-ring (bicyclic) bond motifs is 1. The van der Waals surface area contributed by atoms with Crippen molar-refractivity contribution in [3.63, 3.8) is 0 Å². The number of hydrogen-bond acceptors (Lipinski definition) is 5. The van der Waals surface area contributed by atoms with Gasteiger partial charge in [-0.3, -0.25) is 4.79 Å². The molecular formula is C22H24ClN5OS. The lowest BCUT2D eigenvalue weighted by molar-refractivity contribution is 0.446. The molecule has 0 bridgehead atoms. The van der Waals surface area contributed by atoms with Crippen LogP contribution in [0.5, 0.6) is 0 Å². The standard InChI is InChI=1S/C22H23N5OS.ClH/c1-13-3-4-16(14(2)9-13)18-12-29-22(25-18)17-11-24-27-19(10-20(28)26-21(17)27)15-5-7-23-8-6-15;/h3-4,9-12,15,23H,5-8H2,1-2H3,(H,26,28);1H. The van der Waals surface area contributed by atoms with E-state index in [2.05, 4.69) is 52.8 Å². The predicted molar refractivity (Wildman–Crippen MR) is 124 cm³/mol. The maximum atomic E-state index is 12.4. The molecule has 0 aliphatic carbocycles. The Hall–Kier alpha value is -2.48. The van der Waals surface area contributed by atoms with Crippen LogP contribution in [0.4, 0.5) is 0 Å². The average molecular weight is 442 g/mol. The molecule has 156 valence electrons. The first kappa shape index (κ1) is 20.8. The van der Waals surface area contributed by atoms with Crippen molar-refractivity contribution < 1.29 is 0 Å². The van der Waals surface area contributed by atoms with E-state index in [0.29, 0.717) is 5.92 Å². The van der Waals surface area contributed by atoms with Gasteiger partial charge in [-0.05, 0) is 45.3 Å². The highest BCUT2D eigenvalue weighted by Crippen LogP contribution is 2.33. The Balaban J connectivity index is 0.00000218. The first-order chi connectivity index (χ1) is 14.1. The van der Waals surface area contributed by atoms with Gasteiger partial charge in [-0.25, -0.2) is 9.50 Å². The number of hydrogen-bond donors (Lipinski definition) is 2. The number of nitrogens with one attached hydrogen (secondary N) is 2. The highest BCUT2D eigenvalue weighted by molar-refractivity contribution is 7.13. The summed E-state index contributed by atoms with van der Waals surface area (Å²) in [6.07, 6.45) is 3.85. The molecule has 4 heterocycles. The molecule has 0 amide bonds. The number of H-pyrrole nitrogens is 1. The molecule has 1 saturated heterocycles. The number of rotatable bonds is 3. The first-order valence-electron chi connectivity index (χ1n) is 9.95. The van der Waals surface area contributed by atoms with Gasteiger partial charge >= 0.3 is 0 Å². The summed E-state index contributed by atoms with van der Waals surface area (Å²) in [5, 5.41) is 10.9. The third-order valence-electron chi connectivity index (χ3n) is 5.68. The van der Waals surface area contributed by atoms with Crippen LogP contribution < -0.4 is 10.9 Å². The molecule has 0 spiro atoms. The average Bonchev–Trinajstić information content (AvgIpc) is 3.35. The zero-order chi connectivity index (χ0) is 20.0. The van der Waals surface area contributed by atoms with Crippen LogP contribution in [-0.4, -0.2) is 32.7 Å². The van der Waals surface area contributed by atoms with Crippen LogP contribution >= 0.6 is 23.7 Å². The first-order valence-corrected chi connectivity index (χ1v) is 10.8. The van der Waals surface area contributed by atoms with E-state index in [0.717, 1.165) is 59.1 Å². The molecule has 1 fully saturated rings. The molecular weight excluding hydrogens is 418 g/mol. The summed E-state index contributed by atoms with van der Waals surface area (Å²) >= 11 is 1.58. The Morgan fingerprint density at radius 2 is 1.93 bits per heavy atom. The molecule has 0 atom stereocenters. The molecule has 0 radical (unpaired) electrons. The lowest BCUT2D eigenvalue weighted by Gasteiger charge is -2.23. The van der Waals surface area contributed by atoms with Gasteiger partial charge in [0.15, 0.2) is 0 Å². The zero-order valence-corrected chi connectivity index (χ0v) is 18.6. The van der Waals surface area contributed by atoms with Gasteiger partial charge in [0, 0.05) is 22.9 Å². The van der Waals surface area contributed by atoms with Gasteiger partial charge in [0.1, 0.15) is 10.7 Å². The van der Waals surface area contributed by atoms with Crippen LogP contribution in [0.15, 0.2) is 40.6 Å². The van der Waals surface area contributed by atoms with Crippen molar-refractivity contribution >= 4 is 29.4 Å². The summed E-state index contributed by atoms with van der Waals surface area (Å²) in [7, 11) is 0. The van der Waals surface area contributed by atoms with E-state index < -0.39 is 0 Å². The van der Waals surface area contributed by atoms with Crippen molar-refractivity contribution in [2.75, 3.05) is 13.1 Å². The van der Waals surface area contributed by atoms with Gasteiger partial charge in [0.05, 0.1) is 23.1 Å². The van der Waals surface area contributed by atoms with E-state index in [1.165, 1.54) is 11.1 Å². The zero-order valence-electron chi connectivity index (χ0n) is 16.9. The molecule has 8 heteroatoms. The number of aryl methyl sites for hydroxylation is 2.